The van der Waals surface area contributed by atoms with E-state index in [-0.39, 0.29) is 5.91 Å². The van der Waals surface area contributed by atoms with Gasteiger partial charge in [-0.15, -0.1) is 0 Å². The molecule has 0 saturated carbocycles. The molecule has 1 N–H and O–H groups in total. The Labute approximate surface area is 56.0 Å². The lowest BCUT2D eigenvalue weighted by Crippen LogP contribution is -2.36. The highest BCUT2D eigenvalue weighted by atomic mass is 16.2. The van der Waals surface area contributed by atoms with Crippen molar-refractivity contribution in [2.75, 3.05) is 14.1 Å². The lowest BCUT2D eigenvalue weighted by atomic mass is 10.3. The van der Waals surface area contributed by atoms with Crippen molar-refractivity contribution >= 4 is 5.91 Å². The molecule has 0 spiro atoms. The number of carbonyl (C=O) groups is 1. The van der Waals surface area contributed by atoms with Gasteiger partial charge in [0, 0.05) is 14.1 Å². The Morgan fingerprint density at radius 2 is 2.22 bits per heavy atom. The van der Waals surface area contributed by atoms with Crippen LogP contribution in [-0.2, 0) is 4.79 Å². The molecule has 0 heterocycles. The fourth-order valence-electron chi connectivity index (χ4n) is 0.451. The Hall–Kier alpha value is -0.570. The topological polar surface area (TPSA) is 32.3 Å². The molecule has 0 aromatic rings. The number of hydrogen-bond donors (Lipinski definition) is 1. The standard InChI is InChI=1S/C6H13N2O/c1-4-5-6(9)7-8(2)3/h5H,4H2,1-3H3,(H,7,9). The molecule has 53 valence electrons. The number of hydrazine groups is 1. The maximum atomic E-state index is 10.6. The van der Waals surface area contributed by atoms with Gasteiger partial charge in [-0.3, -0.25) is 10.2 Å². The molecule has 0 aliphatic rings. The van der Waals surface area contributed by atoms with E-state index in [0.717, 1.165) is 6.42 Å². The van der Waals surface area contributed by atoms with Crippen LogP contribution in [0.25, 0.3) is 0 Å². The lowest BCUT2D eigenvalue weighted by Gasteiger charge is -2.09. The third kappa shape index (κ3) is 5.30. The highest BCUT2D eigenvalue weighted by Crippen LogP contribution is 1.82. The molecule has 0 unspecified atom stereocenters. The van der Waals surface area contributed by atoms with Crippen LogP contribution in [0.3, 0.4) is 0 Å². The number of rotatable bonds is 3. The maximum absolute atomic E-state index is 10.6. The van der Waals surface area contributed by atoms with E-state index in [2.05, 4.69) is 5.43 Å². The minimum Gasteiger partial charge on any atom is -0.289 e. The average molecular weight is 129 g/mol. The van der Waals surface area contributed by atoms with Gasteiger partial charge in [0.05, 0.1) is 6.42 Å². The van der Waals surface area contributed by atoms with Gasteiger partial charge in [0.15, 0.2) is 0 Å². The number of hydrogen-bond acceptors (Lipinski definition) is 2. The molecule has 0 rings (SSSR count). The largest absolute Gasteiger partial charge is 0.289 e. The van der Waals surface area contributed by atoms with Crippen LogP contribution in [0.2, 0.25) is 0 Å². The summed E-state index contributed by atoms with van der Waals surface area (Å²) in [5.41, 5.74) is 2.58. The van der Waals surface area contributed by atoms with Crippen LogP contribution >= 0.6 is 0 Å². The van der Waals surface area contributed by atoms with Gasteiger partial charge in [0.1, 0.15) is 0 Å². The molecule has 0 aliphatic carbocycles. The van der Waals surface area contributed by atoms with E-state index >= 15 is 0 Å². The molecule has 1 radical (unpaired) electrons. The summed E-state index contributed by atoms with van der Waals surface area (Å²) in [7, 11) is 3.56. The van der Waals surface area contributed by atoms with E-state index in [1.54, 1.807) is 25.5 Å². The number of nitrogens with zero attached hydrogens (tertiary/aromatic N) is 1. The van der Waals surface area contributed by atoms with Crippen molar-refractivity contribution in [1.82, 2.24) is 10.4 Å². The van der Waals surface area contributed by atoms with Crippen molar-refractivity contribution in [3.05, 3.63) is 6.42 Å². The molecular weight excluding hydrogens is 116 g/mol. The minimum atomic E-state index is -0.0394. The second-order valence-electron chi connectivity index (χ2n) is 1.98. The van der Waals surface area contributed by atoms with Crippen molar-refractivity contribution in [2.24, 2.45) is 0 Å². The van der Waals surface area contributed by atoms with Crippen LogP contribution < -0.4 is 5.43 Å². The average Bonchev–Trinajstić information content (AvgIpc) is 1.63. The molecule has 0 aromatic heterocycles. The molecular formula is C6H13N2O. The van der Waals surface area contributed by atoms with Gasteiger partial charge >= 0.3 is 0 Å². The Morgan fingerprint density at radius 3 is 2.56 bits per heavy atom. The predicted octanol–water partition coefficient (Wildman–Crippen LogP) is 0.193. The summed E-state index contributed by atoms with van der Waals surface area (Å²) in [4.78, 5) is 10.6. The smallest absolute Gasteiger partial charge is 0.238 e. The summed E-state index contributed by atoms with van der Waals surface area (Å²) in [5, 5.41) is 1.62. The normalized spacial score (nSPS) is 9.78. The lowest BCUT2D eigenvalue weighted by molar-refractivity contribution is -0.121. The van der Waals surface area contributed by atoms with E-state index in [9.17, 15) is 4.79 Å². The quantitative estimate of drug-likeness (QED) is 0.552. The van der Waals surface area contributed by atoms with Crippen LogP contribution in [0.5, 0.6) is 0 Å². The molecule has 1 amide bonds. The second-order valence-corrected chi connectivity index (χ2v) is 1.98. The first kappa shape index (κ1) is 8.43. The number of amides is 1. The summed E-state index contributed by atoms with van der Waals surface area (Å²) < 4.78 is 0. The SMILES string of the molecule is CC[CH]C(=O)NN(C)C. The van der Waals surface area contributed by atoms with E-state index in [1.165, 1.54) is 0 Å². The third-order valence-corrected chi connectivity index (χ3v) is 0.723. The number of nitrogens with one attached hydrogen (secondary N) is 1. The van der Waals surface area contributed by atoms with Gasteiger partial charge in [0.25, 0.3) is 0 Å². The summed E-state index contributed by atoms with van der Waals surface area (Å²) in [6, 6.07) is 0. The first-order valence-electron chi connectivity index (χ1n) is 2.98. The Balaban J connectivity index is 3.27. The van der Waals surface area contributed by atoms with Gasteiger partial charge in [-0.05, 0) is 6.42 Å². The molecule has 9 heavy (non-hydrogen) atoms. The first-order chi connectivity index (χ1) is 4.16. The van der Waals surface area contributed by atoms with Crippen LogP contribution in [0, 0.1) is 6.42 Å². The van der Waals surface area contributed by atoms with Crippen molar-refractivity contribution in [2.45, 2.75) is 13.3 Å². The van der Waals surface area contributed by atoms with Crippen LogP contribution in [0.4, 0.5) is 0 Å². The zero-order valence-corrected chi connectivity index (χ0v) is 6.14. The Bertz CT molecular complexity index is 91.1. The highest BCUT2D eigenvalue weighted by Gasteiger charge is 1.97. The van der Waals surface area contributed by atoms with E-state index in [0.29, 0.717) is 0 Å². The zero-order valence-electron chi connectivity index (χ0n) is 6.14. The second kappa shape index (κ2) is 4.32. The zero-order chi connectivity index (χ0) is 7.28. The molecule has 0 atom stereocenters. The van der Waals surface area contributed by atoms with Crippen molar-refractivity contribution in [3.63, 3.8) is 0 Å². The van der Waals surface area contributed by atoms with Crippen molar-refractivity contribution < 1.29 is 4.79 Å². The molecule has 0 aromatic carbocycles. The molecule has 0 bridgehead atoms. The predicted molar refractivity (Wildman–Crippen MR) is 36.4 cm³/mol. The molecule has 3 heteroatoms. The van der Waals surface area contributed by atoms with Crippen molar-refractivity contribution in [1.29, 1.82) is 0 Å². The Kier molecular flexibility index (Phi) is 4.05. The summed E-state index contributed by atoms with van der Waals surface area (Å²) in [5.74, 6) is -0.0394. The molecule has 0 aliphatic heterocycles. The van der Waals surface area contributed by atoms with Crippen LogP contribution in [0.15, 0.2) is 0 Å². The molecule has 0 saturated heterocycles. The van der Waals surface area contributed by atoms with Gasteiger partial charge < -0.3 is 0 Å². The van der Waals surface area contributed by atoms with Crippen LogP contribution in [-0.4, -0.2) is 25.0 Å². The van der Waals surface area contributed by atoms with Crippen molar-refractivity contribution in [3.8, 4) is 0 Å². The molecule has 3 nitrogen and oxygen atoms in total. The fourth-order valence-corrected chi connectivity index (χ4v) is 0.451. The summed E-state index contributed by atoms with van der Waals surface area (Å²) in [6.07, 6.45) is 2.37. The third-order valence-electron chi connectivity index (χ3n) is 0.723. The highest BCUT2D eigenvalue weighted by molar-refractivity contribution is 5.83. The monoisotopic (exact) mass is 129 g/mol. The Morgan fingerprint density at radius 1 is 1.67 bits per heavy atom. The maximum Gasteiger partial charge on any atom is 0.238 e. The van der Waals surface area contributed by atoms with E-state index in [4.69, 9.17) is 0 Å². The van der Waals surface area contributed by atoms with E-state index < -0.39 is 0 Å². The van der Waals surface area contributed by atoms with Gasteiger partial charge in [-0.25, -0.2) is 5.01 Å². The summed E-state index contributed by atoms with van der Waals surface area (Å²) in [6.45, 7) is 1.93. The fraction of sp³-hybridized carbons (Fsp3) is 0.667. The summed E-state index contributed by atoms with van der Waals surface area (Å²) >= 11 is 0. The van der Waals surface area contributed by atoms with Crippen LogP contribution in [0.1, 0.15) is 13.3 Å². The van der Waals surface area contributed by atoms with Gasteiger partial charge in [-0.1, -0.05) is 6.92 Å². The molecule has 0 fully saturated rings. The van der Waals surface area contributed by atoms with Gasteiger partial charge in [-0.2, -0.15) is 0 Å². The minimum absolute atomic E-state index is 0.0394. The van der Waals surface area contributed by atoms with E-state index in [1.807, 2.05) is 6.92 Å². The first-order valence-corrected chi connectivity index (χ1v) is 2.98. The number of carbonyl (C=O) groups excluding carboxylic acids is 1. The van der Waals surface area contributed by atoms with Gasteiger partial charge in [0.2, 0.25) is 5.91 Å².